The minimum atomic E-state index is -0.179. The molecule has 1 N–H and O–H groups in total. The number of nitrogens with one attached hydrogen (secondary N) is 1. The van der Waals surface area contributed by atoms with Crippen molar-refractivity contribution in [3.8, 4) is 0 Å². The summed E-state index contributed by atoms with van der Waals surface area (Å²) < 4.78 is 1.55. The number of likely N-dealkylation sites (tertiary alicyclic amines) is 1. The maximum Gasteiger partial charge on any atom is 0.327 e. The van der Waals surface area contributed by atoms with E-state index in [4.69, 9.17) is 11.6 Å². The van der Waals surface area contributed by atoms with Crippen LogP contribution in [0.4, 0.5) is 4.79 Å². The van der Waals surface area contributed by atoms with Crippen molar-refractivity contribution in [3.05, 3.63) is 64.9 Å². The molecular formula is C22H25ClN4O. The summed E-state index contributed by atoms with van der Waals surface area (Å²) in [4.78, 5) is 19.4. The molecule has 146 valence electrons. The van der Waals surface area contributed by atoms with Gasteiger partial charge < -0.3 is 10.2 Å². The van der Waals surface area contributed by atoms with Crippen LogP contribution < -0.4 is 5.32 Å². The standard InChI is InChI=1S/C22H25ClN4O/c1-26-11-8-17(9-12-26)18-13-20-21(14-19(18)23)27(15-25-20)22(28)24-10-7-16-5-3-2-4-6-16/h2-6,13-15,17H,7-12H2,1H3,(H,24,28). The number of benzene rings is 2. The minimum absolute atomic E-state index is 0.179. The molecule has 1 fully saturated rings. The lowest BCUT2D eigenvalue weighted by Gasteiger charge is -2.29. The molecule has 4 rings (SSSR count). The van der Waals surface area contributed by atoms with Gasteiger partial charge in [0.05, 0.1) is 11.0 Å². The van der Waals surface area contributed by atoms with Crippen molar-refractivity contribution < 1.29 is 4.79 Å². The molecule has 3 aromatic rings. The lowest BCUT2D eigenvalue weighted by atomic mass is 9.89. The van der Waals surface area contributed by atoms with Crippen molar-refractivity contribution in [3.63, 3.8) is 0 Å². The summed E-state index contributed by atoms with van der Waals surface area (Å²) in [6, 6.07) is 13.9. The van der Waals surface area contributed by atoms with E-state index in [2.05, 4.69) is 40.4 Å². The summed E-state index contributed by atoms with van der Waals surface area (Å²) in [7, 11) is 2.15. The molecule has 2 heterocycles. The van der Waals surface area contributed by atoms with E-state index in [0.717, 1.165) is 54.0 Å². The van der Waals surface area contributed by atoms with Crippen LogP contribution in [0.1, 0.15) is 29.9 Å². The second-order valence-corrected chi connectivity index (χ2v) is 7.93. The van der Waals surface area contributed by atoms with Crippen molar-refractivity contribution in [2.24, 2.45) is 0 Å². The highest BCUT2D eigenvalue weighted by molar-refractivity contribution is 6.32. The topological polar surface area (TPSA) is 50.2 Å². The third kappa shape index (κ3) is 4.05. The number of amides is 1. The monoisotopic (exact) mass is 396 g/mol. The lowest BCUT2D eigenvalue weighted by Crippen LogP contribution is -2.30. The Labute approximate surface area is 170 Å². The summed E-state index contributed by atoms with van der Waals surface area (Å²) in [5.74, 6) is 0.456. The van der Waals surface area contributed by atoms with Gasteiger partial charge >= 0.3 is 6.03 Å². The number of rotatable bonds is 4. The molecule has 1 aliphatic heterocycles. The van der Waals surface area contributed by atoms with Gasteiger partial charge in [0, 0.05) is 11.6 Å². The molecule has 0 unspecified atom stereocenters. The van der Waals surface area contributed by atoms with Gasteiger partial charge in [-0.05, 0) is 68.6 Å². The fourth-order valence-electron chi connectivity index (χ4n) is 3.88. The van der Waals surface area contributed by atoms with Gasteiger partial charge in [-0.1, -0.05) is 41.9 Å². The van der Waals surface area contributed by atoms with E-state index in [0.29, 0.717) is 12.5 Å². The molecule has 1 aliphatic rings. The predicted octanol–water partition coefficient (Wildman–Crippen LogP) is 4.30. The van der Waals surface area contributed by atoms with Crippen LogP contribution in [0.15, 0.2) is 48.8 Å². The molecule has 0 spiro atoms. The minimum Gasteiger partial charge on any atom is -0.337 e. The number of piperidine rings is 1. The number of fused-ring (bicyclic) bond motifs is 1. The highest BCUT2D eigenvalue weighted by Gasteiger charge is 2.22. The molecule has 5 nitrogen and oxygen atoms in total. The number of aromatic nitrogens is 2. The fourth-order valence-corrected chi connectivity index (χ4v) is 4.20. The van der Waals surface area contributed by atoms with Crippen LogP contribution in [0.2, 0.25) is 5.02 Å². The van der Waals surface area contributed by atoms with Crippen molar-refractivity contribution >= 4 is 28.7 Å². The Balaban J connectivity index is 1.47. The number of hydrogen-bond donors (Lipinski definition) is 1. The number of nitrogens with zero attached hydrogens (tertiary/aromatic N) is 3. The van der Waals surface area contributed by atoms with Gasteiger partial charge in [-0.15, -0.1) is 0 Å². The summed E-state index contributed by atoms with van der Waals surface area (Å²) in [5.41, 5.74) is 3.91. The molecule has 1 aromatic heterocycles. The second-order valence-electron chi connectivity index (χ2n) is 7.52. The molecule has 0 saturated carbocycles. The second kappa shape index (κ2) is 8.33. The molecule has 28 heavy (non-hydrogen) atoms. The normalized spacial score (nSPS) is 15.8. The van der Waals surface area contributed by atoms with Crippen molar-refractivity contribution in [2.75, 3.05) is 26.7 Å². The van der Waals surface area contributed by atoms with Crippen LogP contribution in [0.3, 0.4) is 0 Å². The maximum atomic E-state index is 12.6. The van der Waals surface area contributed by atoms with Crippen LogP contribution in [0.25, 0.3) is 11.0 Å². The van der Waals surface area contributed by atoms with Gasteiger partial charge in [0.15, 0.2) is 0 Å². The summed E-state index contributed by atoms with van der Waals surface area (Å²) >= 11 is 6.60. The largest absolute Gasteiger partial charge is 0.337 e. The maximum absolute atomic E-state index is 12.6. The molecule has 1 saturated heterocycles. The summed E-state index contributed by atoms with van der Waals surface area (Å²) in [6.07, 6.45) is 4.57. The first-order chi connectivity index (χ1) is 13.6. The van der Waals surface area contributed by atoms with Gasteiger partial charge in [-0.2, -0.15) is 0 Å². The van der Waals surface area contributed by atoms with E-state index in [1.54, 1.807) is 10.9 Å². The SMILES string of the molecule is CN1CCC(c2cc3ncn(C(=O)NCCc4ccccc4)c3cc2Cl)CC1. The van der Waals surface area contributed by atoms with Gasteiger partial charge in [-0.25, -0.2) is 9.78 Å². The van der Waals surface area contributed by atoms with E-state index in [1.165, 1.54) is 5.56 Å². The molecule has 0 atom stereocenters. The number of carbonyl (C=O) groups is 1. The van der Waals surface area contributed by atoms with Gasteiger partial charge in [-0.3, -0.25) is 4.57 Å². The van der Waals surface area contributed by atoms with Crippen LogP contribution in [-0.4, -0.2) is 47.2 Å². The van der Waals surface area contributed by atoms with Crippen molar-refractivity contribution in [1.29, 1.82) is 0 Å². The van der Waals surface area contributed by atoms with E-state index < -0.39 is 0 Å². The van der Waals surface area contributed by atoms with Gasteiger partial charge in [0.25, 0.3) is 0 Å². The Morgan fingerprint density at radius 3 is 2.71 bits per heavy atom. The highest BCUT2D eigenvalue weighted by atomic mass is 35.5. The molecule has 2 aromatic carbocycles. The smallest absolute Gasteiger partial charge is 0.327 e. The first kappa shape index (κ1) is 19.0. The Morgan fingerprint density at radius 2 is 1.96 bits per heavy atom. The van der Waals surface area contributed by atoms with Crippen LogP contribution in [-0.2, 0) is 6.42 Å². The first-order valence-corrected chi connectivity index (χ1v) is 10.2. The molecular weight excluding hydrogens is 372 g/mol. The van der Waals surface area contributed by atoms with Gasteiger partial charge in [0.1, 0.15) is 6.33 Å². The average molecular weight is 397 g/mol. The molecule has 0 bridgehead atoms. The Bertz CT molecular complexity index is 961. The summed E-state index contributed by atoms with van der Waals surface area (Å²) in [5, 5.41) is 3.69. The molecule has 6 heteroatoms. The van der Waals surface area contributed by atoms with E-state index in [1.807, 2.05) is 24.3 Å². The van der Waals surface area contributed by atoms with E-state index >= 15 is 0 Å². The third-order valence-corrected chi connectivity index (χ3v) is 5.90. The Morgan fingerprint density at radius 1 is 1.21 bits per heavy atom. The molecule has 1 amide bonds. The van der Waals surface area contributed by atoms with Crippen molar-refractivity contribution in [1.82, 2.24) is 19.8 Å². The average Bonchev–Trinajstić information content (AvgIpc) is 3.11. The van der Waals surface area contributed by atoms with Crippen LogP contribution >= 0.6 is 11.6 Å². The number of hydrogen-bond acceptors (Lipinski definition) is 3. The van der Waals surface area contributed by atoms with Gasteiger partial charge in [0.2, 0.25) is 0 Å². The summed E-state index contributed by atoms with van der Waals surface area (Å²) in [6.45, 7) is 2.73. The molecule has 0 aliphatic carbocycles. The zero-order chi connectivity index (χ0) is 19.5. The third-order valence-electron chi connectivity index (χ3n) is 5.58. The van der Waals surface area contributed by atoms with Crippen molar-refractivity contribution in [2.45, 2.75) is 25.2 Å². The fraction of sp³-hybridized carbons (Fsp3) is 0.364. The van der Waals surface area contributed by atoms with E-state index in [9.17, 15) is 4.79 Å². The highest BCUT2D eigenvalue weighted by Crippen LogP contribution is 2.35. The number of imidazole rings is 1. The quantitative estimate of drug-likeness (QED) is 0.715. The zero-order valence-corrected chi connectivity index (χ0v) is 16.8. The first-order valence-electron chi connectivity index (χ1n) is 9.79. The van der Waals surface area contributed by atoms with Crippen LogP contribution in [0.5, 0.6) is 0 Å². The van der Waals surface area contributed by atoms with E-state index in [-0.39, 0.29) is 6.03 Å². The lowest BCUT2D eigenvalue weighted by molar-refractivity contribution is 0.243. The van der Waals surface area contributed by atoms with Crippen LogP contribution in [0, 0.1) is 0 Å². The predicted molar refractivity (Wildman–Crippen MR) is 113 cm³/mol. The Hall–Kier alpha value is -2.37. The zero-order valence-electron chi connectivity index (χ0n) is 16.1. The Kier molecular flexibility index (Phi) is 5.64. The number of carbonyl (C=O) groups excluding carboxylic acids is 1. The number of halogens is 1. The molecule has 0 radical (unpaired) electrons.